The van der Waals surface area contributed by atoms with E-state index in [-0.39, 0.29) is 5.82 Å². The average molecular weight is 284 g/mol. The summed E-state index contributed by atoms with van der Waals surface area (Å²) in [5.74, 6) is 0.905. The van der Waals surface area contributed by atoms with Crippen LogP contribution in [0.2, 0.25) is 0 Å². The number of nitrogens with two attached hydrogens (primary N) is 1. The van der Waals surface area contributed by atoms with Gasteiger partial charge in [-0.25, -0.2) is 9.37 Å². The fourth-order valence-electron chi connectivity index (χ4n) is 2.01. The van der Waals surface area contributed by atoms with Crippen molar-refractivity contribution in [3.05, 3.63) is 66.0 Å². The summed E-state index contributed by atoms with van der Waals surface area (Å²) in [5.41, 5.74) is 7.78. The maximum absolute atomic E-state index is 13.6. The molecular weight excluding hydrogens is 271 g/mol. The van der Waals surface area contributed by atoms with Gasteiger partial charge in [-0.1, -0.05) is 30.3 Å². The molecule has 100 valence electrons. The van der Waals surface area contributed by atoms with Crippen LogP contribution in [0.25, 0.3) is 10.9 Å². The van der Waals surface area contributed by atoms with Crippen molar-refractivity contribution in [2.24, 2.45) is 0 Å². The second-order valence-electron chi connectivity index (χ2n) is 4.44. The summed E-state index contributed by atoms with van der Waals surface area (Å²) in [4.78, 5) is 5.01. The summed E-state index contributed by atoms with van der Waals surface area (Å²) in [5, 5.41) is 1.05. The summed E-state index contributed by atoms with van der Waals surface area (Å²) < 4.78 is 13.6. The first kappa shape index (κ1) is 12.9. The van der Waals surface area contributed by atoms with Crippen LogP contribution in [0.1, 0.15) is 5.56 Å². The number of anilines is 1. The van der Waals surface area contributed by atoms with E-state index in [4.69, 9.17) is 5.73 Å². The number of nitrogens with zero attached hydrogens (tertiary/aromatic N) is 1. The van der Waals surface area contributed by atoms with Crippen molar-refractivity contribution in [3.8, 4) is 0 Å². The molecule has 0 saturated carbocycles. The molecule has 0 radical (unpaired) electrons. The number of fused-ring (bicyclic) bond motifs is 1. The zero-order chi connectivity index (χ0) is 13.9. The Morgan fingerprint density at radius 3 is 2.65 bits per heavy atom. The van der Waals surface area contributed by atoms with Crippen LogP contribution in [-0.2, 0) is 5.75 Å². The van der Waals surface area contributed by atoms with Gasteiger partial charge in [-0.3, -0.25) is 0 Å². The highest BCUT2D eigenvalue weighted by molar-refractivity contribution is 7.98. The molecule has 1 heterocycles. The molecule has 0 aliphatic heterocycles. The molecule has 20 heavy (non-hydrogen) atoms. The van der Waals surface area contributed by atoms with Crippen LogP contribution < -0.4 is 5.73 Å². The zero-order valence-electron chi connectivity index (χ0n) is 10.7. The summed E-state index contributed by atoms with van der Waals surface area (Å²) >= 11 is 1.43. The van der Waals surface area contributed by atoms with Gasteiger partial charge in [0.05, 0.1) is 5.52 Å². The number of halogens is 1. The van der Waals surface area contributed by atoms with E-state index in [1.807, 2.05) is 36.4 Å². The quantitative estimate of drug-likeness (QED) is 0.731. The lowest BCUT2D eigenvalue weighted by atomic mass is 10.1. The number of hydrogen-bond donors (Lipinski definition) is 1. The van der Waals surface area contributed by atoms with Gasteiger partial charge < -0.3 is 5.73 Å². The number of pyridine rings is 1. The molecule has 0 amide bonds. The second-order valence-corrected chi connectivity index (χ2v) is 5.46. The summed E-state index contributed by atoms with van der Waals surface area (Å²) in [6.07, 6.45) is 0. The predicted molar refractivity (Wildman–Crippen MR) is 82.1 cm³/mol. The molecule has 2 N–H and O–H groups in total. The lowest BCUT2D eigenvalue weighted by Crippen LogP contribution is -1.97. The molecule has 0 spiro atoms. The van der Waals surface area contributed by atoms with Crippen molar-refractivity contribution in [2.75, 3.05) is 5.73 Å². The normalized spacial score (nSPS) is 10.8. The van der Waals surface area contributed by atoms with Gasteiger partial charge in [-0.2, -0.15) is 0 Å². The van der Waals surface area contributed by atoms with Crippen LogP contribution >= 0.6 is 11.8 Å². The molecule has 0 unspecified atom stereocenters. The van der Waals surface area contributed by atoms with E-state index in [0.717, 1.165) is 16.5 Å². The van der Waals surface area contributed by atoms with Crippen LogP contribution in [-0.4, -0.2) is 4.98 Å². The first-order valence-electron chi connectivity index (χ1n) is 6.25. The van der Waals surface area contributed by atoms with Crippen molar-refractivity contribution in [1.29, 1.82) is 0 Å². The van der Waals surface area contributed by atoms with Crippen LogP contribution in [0, 0.1) is 5.82 Å². The zero-order valence-corrected chi connectivity index (χ0v) is 11.5. The Morgan fingerprint density at radius 2 is 1.80 bits per heavy atom. The SMILES string of the molecule is Nc1nc2ccccc2cc1CSc1ccccc1F. The molecule has 1 aromatic heterocycles. The minimum absolute atomic E-state index is 0.204. The summed E-state index contributed by atoms with van der Waals surface area (Å²) in [6, 6.07) is 16.6. The number of hydrogen-bond acceptors (Lipinski definition) is 3. The van der Waals surface area contributed by atoms with E-state index in [1.165, 1.54) is 17.8 Å². The molecule has 0 aliphatic carbocycles. The van der Waals surface area contributed by atoms with Gasteiger partial charge in [0.15, 0.2) is 0 Å². The van der Waals surface area contributed by atoms with Crippen molar-refractivity contribution in [1.82, 2.24) is 4.98 Å². The van der Waals surface area contributed by atoms with Gasteiger partial charge in [0, 0.05) is 21.6 Å². The molecule has 0 saturated heterocycles. The van der Waals surface area contributed by atoms with Crippen LogP contribution in [0.4, 0.5) is 10.2 Å². The van der Waals surface area contributed by atoms with Gasteiger partial charge in [-0.15, -0.1) is 11.8 Å². The standard InChI is InChI=1S/C16H13FN2S/c17-13-6-2-4-8-15(13)20-10-12-9-11-5-1-3-7-14(11)19-16(12)18/h1-9H,10H2,(H2,18,19). The molecule has 3 aromatic rings. The number of nitrogen functional groups attached to an aromatic ring is 1. The highest BCUT2D eigenvalue weighted by atomic mass is 32.2. The Morgan fingerprint density at radius 1 is 1.05 bits per heavy atom. The van der Waals surface area contributed by atoms with Gasteiger partial charge in [0.25, 0.3) is 0 Å². The third-order valence-corrected chi connectivity index (χ3v) is 4.15. The van der Waals surface area contributed by atoms with Crippen LogP contribution in [0.15, 0.2) is 59.5 Å². The van der Waals surface area contributed by atoms with Crippen molar-refractivity contribution < 1.29 is 4.39 Å². The largest absolute Gasteiger partial charge is 0.383 e. The van der Waals surface area contributed by atoms with Crippen molar-refractivity contribution in [2.45, 2.75) is 10.6 Å². The molecule has 3 rings (SSSR count). The van der Waals surface area contributed by atoms with Crippen molar-refractivity contribution in [3.63, 3.8) is 0 Å². The fraction of sp³-hybridized carbons (Fsp3) is 0.0625. The number of para-hydroxylation sites is 1. The molecule has 0 fully saturated rings. The van der Waals surface area contributed by atoms with Gasteiger partial charge >= 0.3 is 0 Å². The Bertz CT molecular complexity index is 758. The fourth-order valence-corrected chi connectivity index (χ4v) is 2.93. The van der Waals surface area contributed by atoms with E-state index < -0.39 is 0 Å². The molecule has 4 heteroatoms. The number of benzene rings is 2. The maximum atomic E-state index is 13.6. The van der Waals surface area contributed by atoms with E-state index in [2.05, 4.69) is 4.98 Å². The maximum Gasteiger partial charge on any atom is 0.136 e. The minimum atomic E-state index is -0.204. The van der Waals surface area contributed by atoms with Crippen LogP contribution in [0.5, 0.6) is 0 Å². The first-order valence-corrected chi connectivity index (χ1v) is 7.24. The molecule has 2 aromatic carbocycles. The van der Waals surface area contributed by atoms with E-state index in [1.54, 1.807) is 12.1 Å². The van der Waals surface area contributed by atoms with E-state index in [9.17, 15) is 4.39 Å². The Balaban J connectivity index is 1.87. The Labute approximate surface area is 120 Å². The molecule has 2 nitrogen and oxygen atoms in total. The lowest BCUT2D eigenvalue weighted by Gasteiger charge is -2.07. The third kappa shape index (κ3) is 2.60. The third-order valence-electron chi connectivity index (χ3n) is 3.06. The summed E-state index contributed by atoms with van der Waals surface area (Å²) in [6.45, 7) is 0. The molecule has 0 atom stereocenters. The Hall–Kier alpha value is -2.07. The highest BCUT2D eigenvalue weighted by Crippen LogP contribution is 2.28. The lowest BCUT2D eigenvalue weighted by molar-refractivity contribution is 0.602. The van der Waals surface area contributed by atoms with Gasteiger partial charge in [0.2, 0.25) is 0 Å². The molecule has 0 aliphatic rings. The Kier molecular flexibility index (Phi) is 3.56. The number of thioether (sulfide) groups is 1. The summed E-state index contributed by atoms with van der Waals surface area (Å²) in [7, 11) is 0. The number of rotatable bonds is 3. The predicted octanol–water partition coefficient (Wildman–Crippen LogP) is 4.25. The average Bonchev–Trinajstić information content (AvgIpc) is 2.46. The molecule has 0 bridgehead atoms. The smallest absolute Gasteiger partial charge is 0.136 e. The second kappa shape index (κ2) is 5.51. The first-order chi connectivity index (χ1) is 9.74. The van der Waals surface area contributed by atoms with Gasteiger partial charge in [0.1, 0.15) is 11.6 Å². The highest BCUT2D eigenvalue weighted by Gasteiger charge is 2.07. The van der Waals surface area contributed by atoms with Crippen LogP contribution in [0.3, 0.4) is 0 Å². The number of aromatic nitrogens is 1. The van der Waals surface area contributed by atoms with E-state index in [0.29, 0.717) is 16.5 Å². The van der Waals surface area contributed by atoms with Gasteiger partial charge in [-0.05, 0) is 24.3 Å². The van der Waals surface area contributed by atoms with Crippen molar-refractivity contribution >= 4 is 28.5 Å². The topological polar surface area (TPSA) is 38.9 Å². The molecular formula is C16H13FN2S. The monoisotopic (exact) mass is 284 g/mol. The van der Waals surface area contributed by atoms with E-state index >= 15 is 0 Å². The minimum Gasteiger partial charge on any atom is -0.383 e.